The molecule has 1 fully saturated rings. The van der Waals surface area contributed by atoms with Gasteiger partial charge in [0.15, 0.2) is 16.4 Å². The Kier molecular flexibility index (Phi) is 5.48. The number of carbonyl (C=O) groups excluding carboxylic acids is 1. The summed E-state index contributed by atoms with van der Waals surface area (Å²) < 4.78 is 28.5. The van der Waals surface area contributed by atoms with Crippen LogP contribution in [-0.2, 0) is 14.6 Å². The van der Waals surface area contributed by atoms with E-state index in [1.165, 1.54) is 0 Å². The van der Waals surface area contributed by atoms with Crippen molar-refractivity contribution in [1.29, 1.82) is 0 Å². The number of benzene rings is 1. The maximum atomic E-state index is 12.4. The van der Waals surface area contributed by atoms with Gasteiger partial charge in [0.25, 0.3) is 5.91 Å². The molecule has 1 amide bonds. The number of hydrogen-bond acceptors (Lipinski definition) is 5. The zero-order chi connectivity index (χ0) is 17.9. The number of aliphatic carboxylic acids is 1. The molecule has 0 bridgehead atoms. The first-order valence-corrected chi connectivity index (χ1v) is 9.47. The highest BCUT2D eigenvalue weighted by atomic mass is 32.2. The highest BCUT2D eigenvalue weighted by Gasteiger charge is 2.26. The molecular formula is C16H21NO6S. The van der Waals surface area contributed by atoms with Crippen molar-refractivity contribution in [2.45, 2.75) is 32.7 Å². The lowest BCUT2D eigenvalue weighted by molar-refractivity contribution is -0.139. The van der Waals surface area contributed by atoms with Gasteiger partial charge in [0.05, 0.1) is 11.5 Å². The molecule has 1 atom stereocenters. The Morgan fingerprint density at radius 2 is 1.92 bits per heavy atom. The number of aryl methyl sites for hydroxylation is 2. The van der Waals surface area contributed by atoms with Crippen LogP contribution < -0.4 is 10.1 Å². The predicted octanol–water partition coefficient (Wildman–Crippen LogP) is 1.07. The SMILES string of the molecule is Cc1cc(C(=O)NC2CCCS(=O)(=O)C2)cc(C)c1OCC(=O)O. The van der Waals surface area contributed by atoms with Gasteiger partial charge in [-0.1, -0.05) is 0 Å². The Labute approximate surface area is 140 Å². The number of rotatable bonds is 5. The maximum absolute atomic E-state index is 12.4. The van der Waals surface area contributed by atoms with Crippen molar-refractivity contribution in [3.63, 3.8) is 0 Å². The van der Waals surface area contributed by atoms with Gasteiger partial charge in [-0.3, -0.25) is 4.79 Å². The van der Waals surface area contributed by atoms with E-state index in [4.69, 9.17) is 9.84 Å². The number of carboxylic acids is 1. The van der Waals surface area contributed by atoms with Crippen LogP contribution in [0.3, 0.4) is 0 Å². The molecule has 132 valence electrons. The topological polar surface area (TPSA) is 110 Å². The number of hydrogen-bond donors (Lipinski definition) is 2. The molecule has 1 aliphatic heterocycles. The minimum absolute atomic E-state index is 0.0312. The number of nitrogens with one attached hydrogen (secondary N) is 1. The second-order valence-corrected chi connectivity index (χ2v) is 8.28. The standard InChI is InChI=1S/C16H21NO6S/c1-10-6-12(7-11(2)15(10)23-8-14(18)19)16(20)17-13-4-3-5-24(21,22)9-13/h6-7,13H,3-5,8-9H2,1-2H3,(H,17,20)(H,18,19). The highest BCUT2D eigenvalue weighted by molar-refractivity contribution is 7.91. The van der Waals surface area contributed by atoms with Crippen LogP contribution in [0.5, 0.6) is 5.75 Å². The van der Waals surface area contributed by atoms with E-state index in [1.54, 1.807) is 26.0 Å². The lowest BCUT2D eigenvalue weighted by atomic mass is 10.0. The number of sulfone groups is 1. The normalized spacial score (nSPS) is 19.5. The van der Waals surface area contributed by atoms with Gasteiger partial charge < -0.3 is 15.2 Å². The molecular weight excluding hydrogens is 334 g/mol. The van der Waals surface area contributed by atoms with Crippen LogP contribution in [0.2, 0.25) is 0 Å². The van der Waals surface area contributed by atoms with E-state index < -0.39 is 22.4 Å². The second-order valence-electron chi connectivity index (χ2n) is 6.05. The third-order valence-corrected chi connectivity index (χ3v) is 5.68. The molecule has 2 rings (SSSR count). The van der Waals surface area contributed by atoms with Crippen LogP contribution in [0.15, 0.2) is 12.1 Å². The number of amides is 1. The van der Waals surface area contributed by atoms with E-state index in [0.717, 1.165) is 0 Å². The molecule has 0 aromatic heterocycles. The first kappa shape index (κ1) is 18.3. The van der Waals surface area contributed by atoms with E-state index in [9.17, 15) is 18.0 Å². The Balaban J connectivity index is 2.11. The molecule has 2 N–H and O–H groups in total. The summed E-state index contributed by atoms with van der Waals surface area (Å²) in [7, 11) is -3.09. The number of ether oxygens (including phenoxy) is 1. The summed E-state index contributed by atoms with van der Waals surface area (Å²) in [5.41, 5.74) is 1.70. The van der Waals surface area contributed by atoms with Crippen LogP contribution in [0.4, 0.5) is 0 Å². The lowest BCUT2D eigenvalue weighted by Crippen LogP contribution is -2.43. The minimum atomic E-state index is -3.09. The Morgan fingerprint density at radius 1 is 1.29 bits per heavy atom. The first-order valence-electron chi connectivity index (χ1n) is 7.65. The molecule has 0 aliphatic carbocycles. The van der Waals surface area contributed by atoms with Crippen molar-refractivity contribution in [3.8, 4) is 5.75 Å². The van der Waals surface area contributed by atoms with Gasteiger partial charge in [0, 0.05) is 11.6 Å². The number of carbonyl (C=O) groups is 2. The molecule has 0 radical (unpaired) electrons. The molecule has 1 unspecified atom stereocenters. The average molecular weight is 355 g/mol. The van der Waals surface area contributed by atoms with Crippen LogP contribution in [-0.4, -0.2) is 49.6 Å². The van der Waals surface area contributed by atoms with E-state index in [0.29, 0.717) is 35.3 Å². The summed E-state index contributed by atoms with van der Waals surface area (Å²) in [6.45, 7) is 3.01. The van der Waals surface area contributed by atoms with Gasteiger partial charge in [0.1, 0.15) is 5.75 Å². The fourth-order valence-corrected chi connectivity index (χ4v) is 4.48. The summed E-state index contributed by atoms with van der Waals surface area (Å²) in [5, 5.41) is 11.4. The van der Waals surface area contributed by atoms with Crippen LogP contribution in [0.25, 0.3) is 0 Å². The van der Waals surface area contributed by atoms with Crippen molar-refractivity contribution in [2.24, 2.45) is 0 Å². The molecule has 0 spiro atoms. The fraction of sp³-hybridized carbons (Fsp3) is 0.500. The van der Waals surface area contributed by atoms with E-state index in [1.807, 2.05) is 0 Å². The molecule has 1 aromatic rings. The summed E-state index contributed by atoms with van der Waals surface area (Å²) >= 11 is 0. The Morgan fingerprint density at radius 3 is 2.46 bits per heavy atom. The molecule has 24 heavy (non-hydrogen) atoms. The average Bonchev–Trinajstić information content (AvgIpc) is 2.44. The van der Waals surface area contributed by atoms with Crippen molar-refractivity contribution >= 4 is 21.7 Å². The summed E-state index contributed by atoms with van der Waals surface area (Å²) in [6.07, 6.45) is 1.19. The predicted molar refractivity (Wildman–Crippen MR) is 88.2 cm³/mol. The van der Waals surface area contributed by atoms with Gasteiger partial charge in [-0.15, -0.1) is 0 Å². The molecule has 1 aliphatic rings. The summed E-state index contributed by atoms with van der Waals surface area (Å²) in [5.74, 6) is -0.833. The lowest BCUT2D eigenvalue weighted by Gasteiger charge is -2.23. The van der Waals surface area contributed by atoms with Crippen molar-refractivity contribution in [2.75, 3.05) is 18.1 Å². The van der Waals surface area contributed by atoms with Gasteiger partial charge in [-0.2, -0.15) is 0 Å². The molecule has 1 saturated heterocycles. The molecule has 8 heteroatoms. The smallest absolute Gasteiger partial charge is 0.341 e. The highest BCUT2D eigenvalue weighted by Crippen LogP contribution is 2.25. The zero-order valence-electron chi connectivity index (χ0n) is 13.7. The number of carboxylic acid groups (broad SMARTS) is 1. The van der Waals surface area contributed by atoms with Gasteiger partial charge in [-0.05, 0) is 49.9 Å². The Hall–Kier alpha value is -2.09. The summed E-state index contributed by atoms with van der Waals surface area (Å²) in [6, 6.07) is 2.84. The molecule has 1 heterocycles. The third kappa shape index (κ3) is 4.70. The van der Waals surface area contributed by atoms with Crippen LogP contribution in [0.1, 0.15) is 34.3 Å². The Bertz CT molecular complexity index is 733. The molecule has 1 aromatic carbocycles. The van der Waals surface area contributed by atoms with E-state index in [-0.39, 0.29) is 23.5 Å². The van der Waals surface area contributed by atoms with E-state index in [2.05, 4.69) is 5.32 Å². The van der Waals surface area contributed by atoms with Crippen molar-refractivity contribution in [3.05, 3.63) is 28.8 Å². The van der Waals surface area contributed by atoms with Gasteiger partial charge in [-0.25, -0.2) is 13.2 Å². The molecule has 0 saturated carbocycles. The fourth-order valence-electron chi connectivity index (χ4n) is 2.85. The zero-order valence-corrected chi connectivity index (χ0v) is 14.5. The monoisotopic (exact) mass is 355 g/mol. The van der Waals surface area contributed by atoms with Crippen LogP contribution in [0, 0.1) is 13.8 Å². The van der Waals surface area contributed by atoms with Gasteiger partial charge >= 0.3 is 5.97 Å². The minimum Gasteiger partial charge on any atom is -0.481 e. The largest absolute Gasteiger partial charge is 0.481 e. The third-order valence-electron chi connectivity index (χ3n) is 3.86. The van der Waals surface area contributed by atoms with Gasteiger partial charge in [0.2, 0.25) is 0 Å². The summed E-state index contributed by atoms with van der Waals surface area (Å²) in [4.78, 5) is 23.0. The second kappa shape index (κ2) is 7.21. The van der Waals surface area contributed by atoms with E-state index >= 15 is 0 Å². The van der Waals surface area contributed by atoms with Crippen LogP contribution >= 0.6 is 0 Å². The maximum Gasteiger partial charge on any atom is 0.341 e. The van der Waals surface area contributed by atoms with Crippen molar-refractivity contribution < 1.29 is 27.9 Å². The quantitative estimate of drug-likeness (QED) is 0.818. The molecule has 7 nitrogen and oxygen atoms in total. The van der Waals surface area contributed by atoms with Crippen molar-refractivity contribution in [1.82, 2.24) is 5.32 Å². The first-order chi connectivity index (χ1) is 11.2.